The number of halogens is 1. The largest absolute Gasteiger partial charge is 0.444 e. The lowest BCUT2D eigenvalue weighted by molar-refractivity contribution is 0.0205. The number of carbonyl (C=O) groups is 1. The van der Waals surface area contributed by atoms with Crippen molar-refractivity contribution in [2.24, 2.45) is 0 Å². The second-order valence-corrected chi connectivity index (χ2v) is 19.6. The van der Waals surface area contributed by atoms with Crippen LogP contribution in [0.1, 0.15) is 45.5 Å². The first-order chi connectivity index (χ1) is 19.4. The van der Waals surface area contributed by atoms with E-state index in [1.807, 2.05) is 37.8 Å². The van der Waals surface area contributed by atoms with Crippen LogP contribution < -0.4 is 0 Å². The van der Waals surface area contributed by atoms with Gasteiger partial charge in [-0.05, 0) is 93.2 Å². The number of rotatable bonds is 8. The summed E-state index contributed by atoms with van der Waals surface area (Å²) >= 11 is 3.51. The van der Waals surface area contributed by atoms with Crippen LogP contribution in [0.25, 0.3) is 27.8 Å². The highest BCUT2D eigenvalue weighted by molar-refractivity contribution is 9.10. The number of carbonyl (C=O) groups excluding carboxylic acids is 1. The quantitative estimate of drug-likeness (QED) is 0.143. The number of nitrogens with zero attached hydrogens (tertiary/aromatic N) is 4. The molecule has 0 N–H and O–H groups in total. The Kier molecular flexibility index (Phi) is 8.50. The summed E-state index contributed by atoms with van der Waals surface area (Å²) in [6.45, 7) is 14.6. The maximum absolute atomic E-state index is 13.2. The number of benzene rings is 2. The van der Waals surface area contributed by atoms with Crippen molar-refractivity contribution in [3.8, 4) is 16.8 Å². The summed E-state index contributed by atoms with van der Waals surface area (Å²) in [5.41, 5.74) is 4.68. The number of aromatic nitrogens is 3. The van der Waals surface area contributed by atoms with Gasteiger partial charge < -0.3 is 18.6 Å². The number of amides is 1. The van der Waals surface area contributed by atoms with E-state index in [0.717, 1.165) is 63.6 Å². The predicted molar refractivity (Wildman–Crippen MR) is 171 cm³/mol. The predicted octanol–water partition coefficient (Wildman–Crippen LogP) is 8.64. The molecule has 5 rings (SSSR count). The van der Waals surface area contributed by atoms with Crippen molar-refractivity contribution in [3.05, 3.63) is 71.2 Å². The molecule has 0 aliphatic carbocycles. The van der Waals surface area contributed by atoms with E-state index in [1.165, 1.54) is 0 Å². The Bertz CT molecular complexity index is 1510. The zero-order valence-electron chi connectivity index (χ0n) is 25.0. The third kappa shape index (κ3) is 7.13. The highest BCUT2D eigenvalue weighted by Crippen LogP contribution is 2.36. The molecule has 1 aliphatic heterocycles. The van der Waals surface area contributed by atoms with Gasteiger partial charge in [0.25, 0.3) is 0 Å². The van der Waals surface area contributed by atoms with E-state index >= 15 is 0 Å². The molecule has 0 saturated carbocycles. The van der Waals surface area contributed by atoms with Gasteiger partial charge in [0.2, 0.25) is 0 Å². The number of likely N-dealkylation sites (tertiary alicyclic amines) is 1. The molecule has 4 aromatic rings. The van der Waals surface area contributed by atoms with Crippen LogP contribution in [-0.2, 0) is 16.2 Å². The van der Waals surface area contributed by atoms with Crippen molar-refractivity contribution >= 4 is 41.1 Å². The van der Waals surface area contributed by atoms with Crippen molar-refractivity contribution in [3.63, 3.8) is 0 Å². The lowest BCUT2D eigenvalue weighted by Crippen LogP contribution is -2.37. The normalized spacial score (nSPS) is 16.1. The van der Waals surface area contributed by atoms with Gasteiger partial charge in [-0.15, -0.1) is 0 Å². The van der Waals surface area contributed by atoms with Gasteiger partial charge in [-0.1, -0.05) is 41.6 Å². The molecule has 0 bridgehead atoms. The van der Waals surface area contributed by atoms with E-state index in [0.29, 0.717) is 13.3 Å². The first-order valence-corrected chi connectivity index (χ1v) is 18.9. The van der Waals surface area contributed by atoms with Gasteiger partial charge in [-0.25, -0.2) is 9.78 Å². The fourth-order valence-corrected chi connectivity index (χ4v) is 6.19. The van der Waals surface area contributed by atoms with Crippen molar-refractivity contribution in [2.75, 3.05) is 13.2 Å². The fourth-order valence-electron chi connectivity index (χ4n) is 5.17. The van der Waals surface area contributed by atoms with Crippen LogP contribution in [-0.4, -0.2) is 51.9 Å². The lowest BCUT2D eigenvalue weighted by Gasteiger charge is -2.28. The first kappa shape index (κ1) is 29.6. The Morgan fingerprint density at radius 1 is 1.07 bits per heavy atom. The van der Waals surface area contributed by atoms with Gasteiger partial charge in [0.05, 0.1) is 17.1 Å². The van der Waals surface area contributed by atoms with Crippen molar-refractivity contribution in [2.45, 2.75) is 77.7 Å². The number of imidazole rings is 1. The Morgan fingerprint density at radius 3 is 2.54 bits per heavy atom. The fraction of sp³-hybridized carbons (Fsp3) is 0.438. The van der Waals surface area contributed by atoms with Crippen LogP contribution in [0.15, 0.2) is 65.4 Å². The van der Waals surface area contributed by atoms with E-state index in [9.17, 15) is 4.79 Å². The van der Waals surface area contributed by atoms with E-state index < -0.39 is 13.7 Å². The molecule has 9 heteroatoms. The number of ether oxygens (including phenoxy) is 2. The summed E-state index contributed by atoms with van der Waals surface area (Å²) in [7, 11) is -1.22. The third-order valence-corrected chi connectivity index (χ3v) is 9.56. The minimum absolute atomic E-state index is 0.153. The third-order valence-electron chi connectivity index (χ3n) is 7.32. The van der Waals surface area contributed by atoms with Crippen LogP contribution in [0.5, 0.6) is 0 Å². The minimum Gasteiger partial charge on any atom is -0.444 e. The maximum atomic E-state index is 13.2. The minimum atomic E-state index is -1.22. The van der Waals surface area contributed by atoms with Gasteiger partial charge in [-0.3, -0.25) is 4.90 Å². The second-order valence-electron chi connectivity index (χ2n) is 13.1. The zero-order valence-corrected chi connectivity index (χ0v) is 27.6. The smallest absolute Gasteiger partial charge is 0.410 e. The second kappa shape index (κ2) is 11.8. The SMILES string of the molecule is CC(C)(C)OC(=O)N1CCCC1c1nc2cc(-c3ccn(-c4ccc(Br)cc4)c3)ccc2n1COCC[Si](C)(C)C. The monoisotopic (exact) mass is 636 g/mol. The Morgan fingerprint density at radius 2 is 1.83 bits per heavy atom. The molecule has 2 aromatic carbocycles. The first-order valence-electron chi connectivity index (χ1n) is 14.4. The summed E-state index contributed by atoms with van der Waals surface area (Å²) in [5, 5.41) is 0. The standard InChI is InChI=1S/C32H41BrN4O3Si/c1-32(2,3)40-31(38)36-16-7-8-29(36)30-34-27-20-23(9-14-28(27)37(30)22-39-18-19-41(4,5)6)24-15-17-35(21-24)26-12-10-25(33)11-13-26/h9-15,17,20-21,29H,7-8,16,18-19,22H2,1-6H3. The number of hydrogen-bond donors (Lipinski definition) is 0. The average Bonchev–Trinajstić information content (AvgIpc) is 3.63. The summed E-state index contributed by atoms with van der Waals surface area (Å²) in [6, 6.07) is 17.8. The van der Waals surface area contributed by atoms with Crippen LogP contribution in [0.3, 0.4) is 0 Å². The Labute approximate surface area is 252 Å². The highest BCUT2D eigenvalue weighted by Gasteiger charge is 2.36. The van der Waals surface area contributed by atoms with Gasteiger partial charge in [0.15, 0.2) is 0 Å². The topological polar surface area (TPSA) is 61.5 Å². The van der Waals surface area contributed by atoms with Gasteiger partial charge in [0.1, 0.15) is 18.2 Å². The molecule has 0 spiro atoms. The van der Waals surface area contributed by atoms with Crippen LogP contribution >= 0.6 is 15.9 Å². The molecule has 3 heterocycles. The highest BCUT2D eigenvalue weighted by atomic mass is 79.9. The van der Waals surface area contributed by atoms with Crippen LogP contribution in [0, 0.1) is 0 Å². The summed E-state index contributed by atoms with van der Waals surface area (Å²) in [4.78, 5) is 20.1. The Hall–Kier alpha value is -2.88. The lowest BCUT2D eigenvalue weighted by atomic mass is 10.1. The average molecular weight is 638 g/mol. The van der Waals surface area contributed by atoms with Crippen molar-refractivity contribution < 1.29 is 14.3 Å². The Balaban J connectivity index is 1.47. The summed E-state index contributed by atoms with van der Waals surface area (Å²) in [6.07, 6.45) is 5.70. The molecule has 1 aliphatic rings. The molecule has 2 aromatic heterocycles. The number of fused-ring (bicyclic) bond motifs is 1. The molecule has 1 fully saturated rings. The molecule has 1 saturated heterocycles. The molecule has 1 amide bonds. The molecule has 218 valence electrons. The molecular formula is C32H41BrN4O3Si. The molecule has 1 unspecified atom stereocenters. The van der Waals surface area contributed by atoms with Crippen LogP contribution in [0.4, 0.5) is 4.79 Å². The number of hydrogen-bond acceptors (Lipinski definition) is 4. The van der Waals surface area contributed by atoms with E-state index in [-0.39, 0.29) is 12.1 Å². The van der Waals surface area contributed by atoms with Gasteiger partial charge >= 0.3 is 6.09 Å². The van der Waals surface area contributed by atoms with Gasteiger partial charge in [0, 0.05) is 43.8 Å². The molecule has 1 atom stereocenters. The van der Waals surface area contributed by atoms with Crippen LogP contribution in [0.2, 0.25) is 25.7 Å². The summed E-state index contributed by atoms with van der Waals surface area (Å²) in [5.74, 6) is 0.862. The van der Waals surface area contributed by atoms with E-state index in [4.69, 9.17) is 14.5 Å². The molecule has 41 heavy (non-hydrogen) atoms. The summed E-state index contributed by atoms with van der Waals surface area (Å²) < 4.78 is 17.3. The van der Waals surface area contributed by atoms with E-state index in [2.05, 4.69) is 93.5 Å². The van der Waals surface area contributed by atoms with Gasteiger partial charge in [-0.2, -0.15) is 0 Å². The maximum Gasteiger partial charge on any atom is 0.410 e. The van der Waals surface area contributed by atoms with Crippen molar-refractivity contribution in [1.29, 1.82) is 0 Å². The molecule has 0 radical (unpaired) electrons. The molecule has 7 nitrogen and oxygen atoms in total. The molecular weight excluding hydrogens is 596 g/mol. The van der Waals surface area contributed by atoms with Crippen molar-refractivity contribution in [1.82, 2.24) is 19.0 Å². The van der Waals surface area contributed by atoms with E-state index in [1.54, 1.807) is 0 Å². The zero-order chi connectivity index (χ0) is 29.4.